The minimum atomic E-state index is -4.60. The summed E-state index contributed by atoms with van der Waals surface area (Å²) in [6.07, 6.45) is -0.774. The molecular weight excluding hydrogens is 855 g/mol. The molecule has 0 amide bonds. The number of para-hydroxylation sites is 1. The van der Waals surface area contributed by atoms with Crippen LogP contribution in [0.3, 0.4) is 0 Å². The van der Waals surface area contributed by atoms with Gasteiger partial charge in [0, 0.05) is 18.7 Å². The predicted octanol–water partition coefficient (Wildman–Crippen LogP) is 11.9. The zero-order valence-electron chi connectivity index (χ0n) is 41.1. The Morgan fingerprint density at radius 1 is 0.873 bits per heavy atom. The normalized spacial score (nSPS) is 18.5. The van der Waals surface area contributed by atoms with Crippen LogP contribution in [0.2, 0.25) is 36.3 Å². The minimum Gasteiger partial charge on any atom is -0.414 e. The zero-order valence-corrected chi connectivity index (χ0v) is 43.9. The van der Waals surface area contributed by atoms with Crippen LogP contribution in [-0.2, 0) is 35.1 Å². The highest BCUT2D eigenvalue weighted by atomic mass is 32.2. The average molecular weight is 930 g/mol. The van der Waals surface area contributed by atoms with Crippen LogP contribution in [0.25, 0.3) is 0 Å². The van der Waals surface area contributed by atoms with Gasteiger partial charge in [-0.15, -0.1) is 0 Å². The first-order valence-electron chi connectivity index (χ1n) is 22.4. The van der Waals surface area contributed by atoms with Crippen molar-refractivity contribution in [2.24, 2.45) is 5.92 Å². The molecule has 4 rings (SSSR count). The van der Waals surface area contributed by atoms with E-state index in [1.54, 1.807) is 18.2 Å². The van der Waals surface area contributed by atoms with Crippen molar-refractivity contribution in [2.45, 2.75) is 193 Å². The smallest absolute Gasteiger partial charge is 0.353 e. The number of nitrogens with zero attached hydrogens (tertiary/aromatic N) is 3. The van der Waals surface area contributed by atoms with E-state index in [1.807, 2.05) is 53.7 Å². The monoisotopic (exact) mass is 929 g/mol. The first-order valence-corrected chi connectivity index (χ1v) is 29.6. The fraction of sp³-hybridized carbons (Fsp3) is 0.660. The number of nitro benzene ring substituents is 1. The van der Waals surface area contributed by atoms with Crippen molar-refractivity contribution >= 4 is 32.4 Å². The van der Waals surface area contributed by atoms with E-state index < -0.39 is 67.8 Å². The lowest BCUT2D eigenvalue weighted by Gasteiger charge is -2.40. The van der Waals surface area contributed by atoms with Gasteiger partial charge in [0.05, 0.1) is 41.5 Å². The summed E-state index contributed by atoms with van der Waals surface area (Å²) in [5, 5.41) is 12.0. The minimum absolute atomic E-state index is 0.0454. The van der Waals surface area contributed by atoms with Gasteiger partial charge < -0.3 is 22.5 Å². The molecule has 0 saturated carbocycles. The van der Waals surface area contributed by atoms with Crippen molar-refractivity contribution in [3.05, 3.63) is 91.0 Å². The molecule has 1 fully saturated rings. The first kappa shape index (κ1) is 52.4. The van der Waals surface area contributed by atoms with E-state index in [0.717, 1.165) is 5.56 Å². The van der Waals surface area contributed by atoms with E-state index in [2.05, 4.69) is 86.6 Å². The molecule has 1 aromatic heterocycles. The highest BCUT2D eigenvalue weighted by Crippen LogP contribution is 2.43. The van der Waals surface area contributed by atoms with Gasteiger partial charge in [-0.2, -0.15) is 13.4 Å². The molecule has 0 unspecified atom stereocenters. The van der Waals surface area contributed by atoms with E-state index in [9.17, 15) is 23.3 Å². The Balaban J connectivity index is 1.89. The zero-order chi connectivity index (χ0) is 47.8. The van der Waals surface area contributed by atoms with Crippen LogP contribution in [0.4, 0.5) is 5.69 Å². The summed E-state index contributed by atoms with van der Waals surface area (Å²) in [6, 6.07) is 10.2. The SMILES string of the molecule is CC(C)c1cc(C(C)C)c(S(=O)(=O)Oc2nc(=O)n([C@H]3C[C@@H](O[Si](C)(C)C(C)(C)C)[C@@H](CO[Si](C)(C)C(C)(C)C)O3)cc2CO[C@H](c2ccccc2[N+](=O)[O-])C(C)C)c(C(C)C)c1. The summed E-state index contributed by atoms with van der Waals surface area (Å²) in [5.74, 6) is -0.896. The van der Waals surface area contributed by atoms with Crippen LogP contribution in [-0.4, -0.2) is 58.3 Å². The van der Waals surface area contributed by atoms with Crippen molar-refractivity contribution in [1.29, 1.82) is 0 Å². The molecule has 16 heteroatoms. The number of benzene rings is 2. The fourth-order valence-corrected chi connectivity index (χ4v) is 11.1. The molecule has 2 heterocycles. The van der Waals surface area contributed by atoms with Crippen LogP contribution in [0, 0.1) is 16.0 Å². The van der Waals surface area contributed by atoms with Crippen molar-refractivity contribution in [1.82, 2.24) is 9.55 Å². The van der Waals surface area contributed by atoms with Crippen LogP contribution in [0.15, 0.2) is 52.3 Å². The largest absolute Gasteiger partial charge is 0.414 e. The van der Waals surface area contributed by atoms with Crippen LogP contribution in [0.1, 0.15) is 161 Å². The lowest BCUT2D eigenvalue weighted by atomic mass is 9.89. The maximum atomic E-state index is 14.7. The Bertz CT molecular complexity index is 2230. The maximum Gasteiger partial charge on any atom is 0.353 e. The van der Waals surface area contributed by atoms with Crippen molar-refractivity contribution in [3.8, 4) is 5.88 Å². The van der Waals surface area contributed by atoms with Gasteiger partial charge in [0.15, 0.2) is 16.6 Å². The highest BCUT2D eigenvalue weighted by molar-refractivity contribution is 7.87. The molecular formula is C47H75N3O10SSi2. The van der Waals surface area contributed by atoms with Gasteiger partial charge in [-0.25, -0.2) is 4.79 Å². The molecule has 1 aliphatic rings. The van der Waals surface area contributed by atoms with E-state index in [4.69, 9.17) is 22.5 Å². The summed E-state index contributed by atoms with van der Waals surface area (Å²) < 4.78 is 63.6. The predicted molar refractivity (Wildman–Crippen MR) is 254 cm³/mol. The summed E-state index contributed by atoms with van der Waals surface area (Å²) in [6.45, 7) is 37.3. The summed E-state index contributed by atoms with van der Waals surface area (Å²) in [5.41, 5.74) is 1.82. The van der Waals surface area contributed by atoms with E-state index >= 15 is 0 Å². The van der Waals surface area contributed by atoms with Gasteiger partial charge in [-0.05, 0) is 82.7 Å². The Kier molecular flexibility index (Phi) is 16.4. The molecule has 0 radical (unpaired) electrons. The summed E-state index contributed by atoms with van der Waals surface area (Å²) >= 11 is 0. The second-order valence-electron chi connectivity index (χ2n) is 21.4. The third-order valence-electron chi connectivity index (χ3n) is 13.1. The Labute approximate surface area is 379 Å². The lowest BCUT2D eigenvalue weighted by Crippen LogP contribution is -2.48. The number of aromatic nitrogens is 2. The third kappa shape index (κ3) is 12.2. The number of hydrogen-bond acceptors (Lipinski definition) is 11. The van der Waals surface area contributed by atoms with Gasteiger partial charge in [0.1, 0.15) is 17.2 Å². The number of hydrogen-bond donors (Lipinski definition) is 0. The molecule has 4 atom stereocenters. The molecule has 0 aliphatic carbocycles. The van der Waals surface area contributed by atoms with Crippen LogP contribution >= 0.6 is 0 Å². The quantitative estimate of drug-likeness (QED) is 0.0517. The Hall–Kier alpha value is -3.26. The van der Waals surface area contributed by atoms with E-state index in [0.29, 0.717) is 23.1 Å². The topological polar surface area (TPSA) is 158 Å². The number of ether oxygens (including phenoxy) is 2. The third-order valence-corrected chi connectivity index (χ3v) is 23.5. The van der Waals surface area contributed by atoms with Crippen LogP contribution in [0.5, 0.6) is 5.88 Å². The van der Waals surface area contributed by atoms with Crippen LogP contribution < -0.4 is 9.87 Å². The molecule has 2 aromatic carbocycles. The average Bonchev–Trinajstić information content (AvgIpc) is 3.54. The summed E-state index contributed by atoms with van der Waals surface area (Å²) in [4.78, 5) is 30.3. The molecule has 0 N–H and O–H groups in total. The standard InChI is InChI=1S/C47H75N3O10SSi2/c1-29(2)33-23-36(30(3)4)43(37(24-33)31(5)6)61(54,55)59-44-34(27-56-42(32(7)8)35-21-19-20-22-38(35)50(52)53)26-49(45(51)48-44)41-25-39(60-63(17,18)47(12,13)14)40(58-41)28-57-62(15,16)46(9,10)11/h19-24,26,29-32,39-42H,25,27-28H2,1-18H3/t39-,40-,41-,42+/m1/s1. The second kappa shape index (κ2) is 19.7. The van der Waals surface area contributed by atoms with Gasteiger partial charge in [-0.1, -0.05) is 121 Å². The molecule has 3 aromatic rings. The van der Waals surface area contributed by atoms with E-state index in [1.165, 1.54) is 16.8 Å². The molecule has 63 heavy (non-hydrogen) atoms. The molecule has 1 saturated heterocycles. The molecule has 1 aliphatic heterocycles. The lowest BCUT2D eigenvalue weighted by molar-refractivity contribution is -0.386. The van der Waals surface area contributed by atoms with Gasteiger partial charge in [0.2, 0.25) is 5.88 Å². The Morgan fingerprint density at radius 3 is 1.92 bits per heavy atom. The first-order chi connectivity index (χ1) is 28.8. The number of nitro groups is 1. The van der Waals surface area contributed by atoms with E-state index in [-0.39, 0.29) is 63.1 Å². The molecule has 13 nitrogen and oxygen atoms in total. The maximum absolute atomic E-state index is 14.7. The second-order valence-corrected chi connectivity index (χ2v) is 32.5. The molecule has 0 bridgehead atoms. The Morgan fingerprint density at radius 2 is 1.43 bits per heavy atom. The van der Waals surface area contributed by atoms with Gasteiger partial charge in [0.25, 0.3) is 5.69 Å². The van der Waals surface area contributed by atoms with Crippen molar-refractivity contribution < 1.29 is 35.8 Å². The molecule has 352 valence electrons. The van der Waals surface area contributed by atoms with Gasteiger partial charge >= 0.3 is 15.8 Å². The van der Waals surface area contributed by atoms with Gasteiger partial charge in [-0.3, -0.25) is 14.7 Å². The summed E-state index contributed by atoms with van der Waals surface area (Å²) in [7, 11) is -9.16. The van der Waals surface area contributed by atoms with Crippen molar-refractivity contribution in [3.63, 3.8) is 0 Å². The highest BCUT2D eigenvalue weighted by Gasteiger charge is 2.47. The van der Waals surface area contributed by atoms with Crippen molar-refractivity contribution in [2.75, 3.05) is 6.61 Å². The molecule has 0 spiro atoms. The fourth-order valence-electron chi connectivity index (χ4n) is 7.12. The number of rotatable bonds is 18.